The van der Waals surface area contributed by atoms with Crippen LogP contribution in [0.5, 0.6) is 11.5 Å². The predicted molar refractivity (Wildman–Crippen MR) is 132 cm³/mol. The Balaban J connectivity index is 1.52. The monoisotopic (exact) mass is 526 g/mol. The van der Waals surface area contributed by atoms with Gasteiger partial charge in [0.15, 0.2) is 11.5 Å². The zero-order chi connectivity index (χ0) is 25.9. The Morgan fingerprint density at radius 1 is 1.00 bits per heavy atom. The van der Waals surface area contributed by atoms with Crippen molar-refractivity contribution in [1.29, 1.82) is 0 Å². The first kappa shape index (κ1) is 24.9. The van der Waals surface area contributed by atoms with Crippen molar-refractivity contribution in [2.75, 3.05) is 7.11 Å². The van der Waals surface area contributed by atoms with Gasteiger partial charge in [-0.15, -0.1) is 0 Å². The van der Waals surface area contributed by atoms with Gasteiger partial charge in [0.05, 0.1) is 23.5 Å². The Hall–Kier alpha value is -4.16. The maximum Gasteiger partial charge on any atom is 0.339 e. The molecule has 0 aliphatic carbocycles. The van der Waals surface area contributed by atoms with Crippen molar-refractivity contribution in [2.24, 2.45) is 0 Å². The van der Waals surface area contributed by atoms with E-state index in [1.807, 2.05) is 0 Å². The minimum atomic E-state index is -4.08. The number of benzene rings is 3. The first-order chi connectivity index (χ1) is 17.2. The predicted octanol–water partition coefficient (Wildman–Crippen LogP) is 4.61. The lowest BCUT2D eigenvalue weighted by atomic mass is 10.1. The average Bonchev–Trinajstić information content (AvgIpc) is 3.13. The molecule has 1 aliphatic rings. The van der Waals surface area contributed by atoms with Gasteiger partial charge in [-0.25, -0.2) is 0 Å². The van der Waals surface area contributed by atoms with E-state index in [1.54, 1.807) is 18.2 Å². The third-order valence-electron chi connectivity index (χ3n) is 5.08. The van der Waals surface area contributed by atoms with Crippen molar-refractivity contribution in [3.63, 3.8) is 0 Å². The molecule has 10 nitrogen and oxygen atoms in total. The van der Waals surface area contributed by atoms with E-state index in [2.05, 4.69) is 0 Å². The number of ether oxygens (including phenoxy) is 1. The number of nitro benzene ring substituents is 1. The normalized spacial score (nSPS) is 14.8. The van der Waals surface area contributed by atoms with E-state index < -0.39 is 26.2 Å². The number of carbonyl (C=O) groups is 2. The van der Waals surface area contributed by atoms with Crippen molar-refractivity contribution < 1.29 is 31.9 Å². The molecule has 12 heteroatoms. The number of methoxy groups -OCH3 is 1. The summed E-state index contributed by atoms with van der Waals surface area (Å²) in [5.41, 5.74) is 0.954. The molecule has 0 radical (unpaired) electrons. The molecule has 1 aliphatic heterocycles. The molecular formula is C24H18N2O8S2. The number of thioether (sulfide) groups is 1. The van der Waals surface area contributed by atoms with Gasteiger partial charge < -0.3 is 8.92 Å². The summed E-state index contributed by atoms with van der Waals surface area (Å²) < 4.78 is 35.6. The van der Waals surface area contributed by atoms with Crippen LogP contribution in [0.2, 0.25) is 0 Å². The first-order valence-corrected chi connectivity index (χ1v) is 12.6. The van der Waals surface area contributed by atoms with E-state index in [-0.39, 0.29) is 33.5 Å². The van der Waals surface area contributed by atoms with E-state index in [4.69, 9.17) is 8.92 Å². The van der Waals surface area contributed by atoms with Gasteiger partial charge in [0.1, 0.15) is 4.90 Å². The third kappa shape index (κ3) is 5.39. The summed E-state index contributed by atoms with van der Waals surface area (Å²) in [6.07, 6.45) is 1.48. The fourth-order valence-corrected chi connectivity index (χ4v) is 5.09. The van der Waals surface area contributed by atoms with Crippen molar-refractivity contribution in [2.45, 2.75) is 11.4 Å². The van der Waals surface area contributed by atoms with Gasteiger partial charge >= 0.3 is 10.1 Å². The quantitative estimate of drug-likeness (QED) is 0.179. The molecule has 1 saturated heterocycles. The Bertz CT molecular complexity index is 1470. The van der Waals surface area contributed by atoms with E-state index in [0.29, 0.717) is 11.1 Å². The summed E-state index contributed by atoms with van der Waals surface area (Å²) in [6, 6.07) is 17.6. The molecule has 1 heterocycles. The van der Waals surface area contributed by atoms with Crippen LogP contribution in [0, 0.1) is 10.1 Å². The van der Waals surface area contributed by atoms with Gasteiger partial charge in [0, 0.05) is 12.1 Å². The second-order valence-corrected chi connectivity index (χ2v) is 9.99. The molecule has 0 unspecified atom stereocenters. The van der Waals surface area contributed by atoms with Crippen molar-refractivity contribution in [1.82, 2.24) is 4.90 Å². The highest BCUT2D eigenvalue weighted by Crippen LogP contribution is 2.36. The minimum Gasteiger partial charge on any atom is -0.493 e. The molecule has 0 atom stereocenters. The van der Waals surface area contributed by atoms with Crippen LogP contribution in [0.3, 0.4) is 0 Å². The summed E-state index contributed by atoms with van der Waals surface area (Å²) in [5, 5.41) is 10.3. The van der Waals surface area contributed by atoms with Crippen LogP contribution in [0.4, 0.5) is 10.5 Å². The zero-order valence-corrected chi connectivity index (χ0v) is 20.3. The summed E-state index contributed by atoms with van der Waals surface area (Å²) >= 11 is 0.751. The SMILES string of the molecule is COc1cc(/C=C2/SC(=O)N(Cc3ccc([N+](=O)[O-])cc3)C2=O)ccc1OS(=O)(=O)c1ccccc1. The number of carbonyl (C=O) groups excluding carboxylic acids is 2. The smallest absolute Gasteiger partial charge is 0.339 e. The maximum atomic E-state index is 12.8. The zero-order valence-electron chi connectivity index (χ0n) is 18.7. The number of non-ortho nitro benzene ring substituents is 1. The van der Waals surface area contributed by atoms with Gasteiger partial charge in [0.25, 0.3) is 16.8 Å². The number of hydrogen-bond donors (Lipinski definition) is 0. The van der Waals surface area contributed by atoms with Gasteiger partial charge in [-0.1, -0.05) is 36.4 Å². The van der Waals surface area contributed by atoms with Gasteiger partial charge in [0.2, 0.25) is 0 Å². The van der Waals surface area contributed by atoms with Crippen LogP contribution in [0.25, 0.3) is 6.08 Å². The van der Waals surface area contributed by atoms with E-state index >= 15 is 0 Å². The number of nitro groups is 1. The Kier molecular flexibility index (Phi) is 7.08. The lowest BCUT2D eigenvalue weighted by Crippen LogP contribution is -2.27. The van der Waals surface area contributed by atoms with Crippen molar-refractivity contribution >= 4 is 44.8 Å². The van der Waals surface area contributed by atoms with Crippen LogP contribution in [-0.2, 0) is 21.5 Å². The van der Waals surface area contributed by atoms with Crippen LogP contribution in [0.15, 0.2) is 82.6 Å². The van der Waals surface area contributed by atoms with Gasteiger partial charge in [-0.2, -0.15) is 8.42 Å². The first-order valence-electron chi connectivity index (χ1n) is 10.3. The summed E-state index contributed by atoms with van der Waals surface area (Å²) in [7, 11) is -2.74. The maximum absolute atomic E-state index is 12.8. The molecule has 0 N–H and O–H groups in total. The average molecular weight is 527 g/mol. The molecule has 184 valence electrons. The Labute approximate surface area is 210 Å². The van der Waals surface area contributed by atoms with Crippen LogP contribution in [0.1, 0.15) is 11.1 Å². The van der Waals surface area contributed by atoms with E-state index in [9.17, 15) is 28.1 Å². The topological polar surface area (TPSA) is 133 Å². The van der Waals surface area contributed by atoms with Gasteiger partial charge in [-0.05, 0) is 53.2 Å². The Morgan fingerprint density at radius 3 is 2.33 bits per heavy atom. The number of amides is 2. The highest BCUT2D eigenvalue weighted by Gasteiger charge is 2.35. The molecule has 0 aromatic heterocycles. The summed E-state index contributed by atoms with van der Waals surface area (Å²) in [6.45, 7) is -0.0343. The largest absolute Gasteiger partial charge is 0.493 e. The second kappa shape index (κ2) is 10.2. The highest BCUT2D eigenvalue weighted by atomic mass is 32.2. The Morgan fingerprint density at radius 2 is 1.69 bits per heavy atom. The number of hydrogen-bond acceptors (Lipinski definition) is 9. The minimum absolute atomic E-state index is 0.0159. The molecule has 2 amide bonds. The molecule has 36 heavy (non-hydrogen) atoms. The number of rotatable bonds is 8. The fourth-order valence-electron chi connectivity index (χ4n) is 3.29. The lowest BCUT2D eigenvalue weighted by molar-refractivity contribution is -0.384. The fraction of sp³-hybridized carbons (Fsp3) is 0.0833. The molecule has 4 rings (SSSR count). The van der Waals surface area contributed by atoms with Gasteiger partial charge in [-0.3, -0.25) is 24.6 Å². The lowest BCUT2D eigenvalue weighted by Gasteiger charge is -2.12. The third-order valence-corrected chi connectivity index (χ3v) is 7.23. The summed E-state index contributed by atoms with van der Waals surface area (Å²) in [4.78, 5) is 36.7. The molecule has 3 aromatic rings. The van der Waals surface area contributed by atoms with Crippen molar-refractivity contribution in [3.05, 3.63) is 98.9 Å². The van der Waals surface area contributed by atoms with E-state index in [0.717, 1.165) is 16.7 Å². The molecule has 3 aromatic carbocycles. The van der Waals surface area contributed by atoms with Crippen LogP contribution in [-0.4, -0.2) is 36.5 Å². The molecule has 1 fully saturated rings. The van der Waals surface area contributed by atoms with Crippen LogP contribution >= 0.6 is 11.8 Å². The highest BCUT2D eigenvalue weighted by molar-refractivity contribution is 8.18. The molecule has 0 bridgehead atoms. The molecular weight excluding hydrogens is 508 g/mol. The van der Waals surface area contributed by atoms with Crippen molar-refractivity contribution in [3.8, 4) is 11.5 Å². The number of imide groups is 1. The standard InChI is InChI=1S/C24H18N2O8S2/c1-33-21-13-17(9-12-20(21)34-36(31,32)19-5-3-2-4-6-19)14-22-23(27)25(24(28)35-22)15-16-7-10-18(11-8-16)26(29)30/h2-14H,15H2,1H3/b22-14+. The number of nitrogens with zero attached hydrogens (tertiary/aromatic N) is 2. The molecule has 0 spiro atoms. The second-order valence-electron chi connectivity index (χ2n) is 7.45. The van der Waals surface area contributed by atoms with E-state index in [1.165, 1.54) is 67.8 Å². The van der Waals surface area contributed by atoms with Crippen LogP contribution < -0.4 is 8.92 Å². The summed E-state index contributed by atoms with van der Waals surface area (Å²) in [5.74, 6) is -0.438. The molecule has 0 saturated carbocycles.